The molecule has 0 spiro atoms. The molecule has 23 heavy (non-hydrogen) atoms. The van der Waals surface area contributed by atoms with E-state index in [4.69, 9.17) is 9.84 Å². The number of benzene rings is 1. The number of rotatable bonds is 7. The largest absolute Gasteiger partial charge is 0.496 e. The summed E-state index contributed by atoms with van der Waals surface area (Å²) in [6, 6.07) is 5.86. The smallest absolute Gasteiger partial charge is 0.323 e. The molecule has 1 aliphatic rings. The number of carbonyl (C=O) groups is 2. The van der Waals surface area contributed by atoms with Crippen molar-refractivity contribution in [1.29, 1.82) is 0 Å². The normalized spacial score (nSPS) is 15.6. The summed E-state index contributed by atoms with van der Waals surface area (Å²) in [7, 11) is 1.62. The maximum absolute atomic E-state index is 13.1. The first kappa shape index (κ1) is 17.3. The van der Waals surface area contributed by atoms with Gasteiger partial charge in [0.15, 0.2) is 0 Å². The molecular weight excluding hydrogens is 294 g/mol. The molecule has 0 aliphatic heterocycles. The number of carboxylic acid groups (broad SMARTS) is 1. The molecule has 1 amide bonds. The molecule has 1 aromatic carbocycles. The van der Waals surface area contributed by atoms with Crippen LogP contribution >= 0.6 is 0 Å². The number of amides is 1. The summed E-state index contributed by atoms with van der Waals surface area (Å²) in [5, 5.41) is 9.09. The first-order valence-electron chi connectivity index (χ1n) is 8.11. The monoisotopic (exact) mass is 319 g/mol. The Balaban J connectivity index is 2.35. The second kappa shape index (κ2) is 7.02. The third-order valence-corrected chi connectivity index (χ3v) is 4.68. The molecule has 5 nitrogen and oxygen atoms in total. The minimum absolute atomic E-state index is 0.0705. The van der Waals surface area contributed by atoms with Gasteiger partial charge in [-0.25, -0.2) is 0 Å². The molecule has 0 heterocycles. The van der Waals surface area contributed by atoms with E-state index >= 15 is 0 Å². The second-order valence-corrected chi connectivity index (χ2v) is 6.24. The van der Waals surface area contributed by atoms with E-state index < -0.39 is 11.4 Å². The molecule has 2 rings (SSSR count). The number of hydrogen-bond donors (Lipinski definition) is 1. The zero-order chi connectivity index (χ0) is 17.0. The van der Waals surface area contributed by atoms with Crippen molar-refractivity contribution in [3.8, 4) is 5.75 Å². The summed E-state index contributed by atoms with van der Waals surface area (Å²) < 4.78 is 5.38. The van der Waals surface area contributed by atoms with Gasteiger partial charge in [-0.15, -0.1) is 0 Å². The highest BCUT2D eigenvalue weighted by Gasteiger charge is 2.48. The quantitative estimate of drug-likeness (QED) is 0.839. The highest BCUT2D eigenvalue weighted by Crippen LogP contribution is 2.46. The first-order valence-corrected chi connectivity index (χ1v) is 8.11. The number of carboxylic acids is 1. The van der Waals surface area contributed by atoms with Gasteiger partial charge < -0.3 is 14.7 Å². The van der Waals surface area contributed by atoms with Crippen LogP contribution < -0.4 is 4.74 Å². The Morgan fingerprint density at radius 1 is 1.35 bits per heavy atom. The fourth-order valence-corrected chi connectivity index (χ4v) is 3.26. The van der Waals surface area contributed by atoms with Crippen molar-refractivity contribution in [2.45, 2.75) is 44.9 Å². The molecular formula is C18H25NO4. The Hall–Kier alpha value is -2.04. The molecule has 1 N–H and O–H groups in total. The van der Waals surface area contributed by atoms with E-state index in [1.54, 1.807) is 7.11 Å². The second-order valence-electron chi connectivity index (χ2n) is 6.24. The topological polar surface area (TPSA) is 66.8 Å². The third-order valence-electron chi connectivity index (χ3n) is 4.68. The zero-order valence-electron chi connectivity index (χ0n) is 14.1. The van der Waals surface area contributed by atoms with Gasteiger partial charge in [0.1, 0.15) is 12.3 Å². The van der Waals surface area contributed by atoms with Crippen molar-refractivity contribution in [3.05, 3.63) is 29.3 Å². The molecule has 0 atom stereocenters. The van der Waals surface area contributed by atoms with Crippen LogP contribution in [0.1, 0.15) is 43.7 Å². The fraction of sp³-hybridized carbons (Fsp3) is 0.556. The van der Waals surface area contributed by atoms with Gasteiger partial charge in [0, 0.05) is 6.54 Å². The van der Waals surface area contributed by atoms with Crippen molar-refractivity contribution in [2.75, 3.05) is 20.2 Å². The summed E-state index contributed by atoms with van der Waals surface area (Å²) in [6.45, 7) is 4.14. The van der Waals surface area contributed by atoms with Crippen LogP contribution in [-0.4, -0.2) is 42.1 Å². The van der Waals surface area contributed by atoms with Gasteiger partial charge in [0.05, 0.1) is 12.5 Å². The van der Waals surface area contributed by atoms with Crippen LogP contribution in [0.4, 0.5) is 0 Å². The van der Waals surface area contributed by atoms with Gasteiger partial charge in [-0.05, 0) is 43.4 Å². The van der Waals surface area contributed by atoms with Crippen molar-refractivity contribution in [3.63, 3.8) is 0 Å². The molecule has 1 aliphatic carbocycles. The van der Waals surface area contributed by atoms with Gasteiger partial charge in [-0.1, -0.05) is 25.5 Å². The fourth-order valence-electron chi connectivity index (χ4n) is 3.26. The number of carbonyl (C=O) groups excluding carboxylic acids is 1. The van der Waals surface area contributed by atoms with Crippen LogP contribution in [0.25, 0.3) is 0 Å². The molecule has 0 aromatic heterocycles. The van der Waals surface area contributed by atoms with E-state index in [9.17, 15) is 9.59 Å². The van der Waals surface area contributed by atoms with Crippen molar-refractivity contribution >= 4 is 11.9 Å². The zero-order valence-corrected chi connectivity index (χ0v) is 14.1. The summed E-state index contributed by atoms with van der Waals surface area (Å²) in [5.74, 6) is -0.275. The number of nitrogens with zero attached hydrogens (tertiary/aromatic N) is 1. The Labute approximate surface area is 137 Å². The van der Waals surface area contributed by atoms with E-state index in [0.717, 1.165) is 42.6 Å². The Bertz CT molecular complexity index is 593. The lowest BCUT2D eigenvalue weighted by Crippen LogP contribution is -2.52. The lowest BCUT2D eigenvalue weighted by Gasteiger charge is -2.44. The number of methoxy groups -OCH3 is 1. The minimum Gasteiger partial charge on any atom is -0.496 e. The first-order chi connectivity index (χ1) is 10.9. The van der Waals surface area contributed by atoms with Crippen LogP contribution in [0.5, 0.6) is 5.75 Å². The van der Waals surface area contributed by atoms with Crippen LogP contribution in [0.15, 0.2) is 18.2 Å². The van der Waals surface area contributed by atoms with E-state index in [2.05, 4.69) is 0 Å². The highest BCUT2D eigenvalue weighted by atomic mass is 16.5. The minimum atomic E-state index is -0.970. The Morgan fingerprint density at radius 2 is 2.04 bits per heavy atom. The maximum atomic E-state index is 13.1. The lowest BCUT2D eigenvalue weighted by atomic mass is 9.63. The summed E-state index contributed by atoms with van der Waals surface area (Å²) >= 11 is 0. The van der Waals surface area contributed by atoms with Crippen LogP contribution in [0, 0.1) is 6.92 Å². The predicted octanol–water partition coefficient (Wildman–Crippen LogP) is 2.75. The van der Waals surface area contributed by atoms with Crippen molar-refractivity contribution in [2.24, 2.45) is 0 Å². The number of aliphatic carboxylic acids is 1. The highest BCUT2D eigenvalue weighted by molar-refractivity contribution is 5.91. The van der Waals surface area contributed by atoms with Gasteiger partial charge in [-0.3, -0.25) is 9.59 Å². The van der Waals surface area contributed by atoms with Crippen LogP contribution in [-0.2, 0) is 15.0 Å². The summed E-state index contributed by atoms with van der Waals surface area (Å²) in [6.07, 6.45) is 3.25. The SMILES string of the molecule is CCCN(CC(=O)O)C(=O)C1(c2ccc(C)c(OC)c2)CCC1. The third kappa shape index (κ3) is 3.33. The van der Waals surface area contributed by atoms with Crippen molar-refractivity contribution in [1.82, 2.24) is 4.90 Å². The van der Waals surface area contributed by atoms with E-state index in [-0.39, 0.29) is 12.5 Å². The van der Waals surface area contributed by atoms with Gasteiger partial charge in [-0.2, -0.15) is 0 Å². The average Bonchev–Trinajstić information content (AvgIpc) is 2.46. The summed E-state index contributed by atoms with van der Waals surface area (Å²) in [4.78, 5) is 25.6. The predicted molar refractivity (Wildman–Crippen MR) is 87.8 cm³/mol. The molecule has 0 bridgehead atoms. The van der Waals surface area contributed by atoms with Gasteiger partial charge in [0.2, 0.25) is 5.91 Å². The number of hydrogen-bond acceptors (Lipinski definition) is 3. The molecule has 126 valence electrons. The van der Waals surface area contributed by atoms with E-state index in [1.165, 1.54) is 4.90 Å². The lowest BCUT2D eigenvalue weighted by molar-refractivity contribution is -0.149. The molecule has 1 fully saturated rings. The Morgan fingerprint density at radius 3 is 2.52 bits per heavy atom. The van der Waals surface area contributed by atoms with E-state index in [1.807, 2.05) is 32.0 Å². The average molecular weight is 319 g/mol. The standard InChI is InChI=1S/C18H25NO4/c1-4-10-19(12-16(20)21)17(22)18(8-5-9-18)14-7-6-13(2)15(11-14)23-3/h6-7,11H,4-5,8-10,12H2,1-3H3,(H,20,21). The van der Waals surface area contributed by atoms with E-state index in [0.29, 0.717) is 6.54 Å². The molecule has 0 saturated heterocycles. The van der Waals surface area contributed by atoms with Crippen molar-refractivity contribution < 1.29 is 19.4 Å². The number of aryl methyl sites for hydroxylation is 1. The molecule has 1 aromatic rings. The van der Waals surface area contributed by atoms with Crippen LogP contribution in [0.3, 0.4) is 0 Å². The molecule has 0 unspecified atom stereocenters. The van der Waals surface area contributed by atoms with Crippen LogP contribution in [0.2, 0.25) is 0 Å². The molecule has 1 saturated carbocycles. The molecule has 0 radical (unpaired) electrons. The summed E-state index contributed by atoms with van der Waals surface area (Å²) in [5.41, 5.74) is 1.36. The molecule has 5 heteroatoms. The number of ether oxygens (including phenoxy) is 1. The van der Waals surface area contributed by atoms with Gasteiger partial charge in [0.25, 0.3) is 0 Å². The van der Waals surface area contributed by atoms with Gasteiger partial charge >= 0.3 is 5.97 Å². The maximum Gasteiger partial charge on any atom is 0.323 e. The Kier molecular flexibility index (Phi) is 5.29.